The van der Waals surface area contributed by atoms with Gasteiger partial charge in [-0.3, -0.25) is 0 Å². The second-order valence-corrected chi connectivity index (χ2v) is 10.3. The standard InChI is InChI=1S/C30H34N2O6/c1-19-15-25(37-20(2)16-30(4,5)35)13-14-26(19)27-8-6-7-23(21(27)3)18-36-24-11-9-22(10-12-24)17-32-28(33)31-29(34)38-32/h6-15,20,35H,16-18H2,1-5H3,(H,31,33,34)/t20-/m0/s1. The van der Waals surface area contributed by atoms with Crippen LogP contribution >= 0.6 is 0 Å². The van der Waals surface area contributed by atoms with E-state index in [0.29, 0.717) is 18.8 Å². The third-order valence-electron chi connectivity index (χ3n) is 6.33. The van der Waals surface area contributed by atoms with Crippen LogP contribution in [-0.4, -0.2) is 26.5 Å². The molecule has 1 heterocycles. The molecular formula is C30H34N2O6. The number of ether oxygens (including phenoxy) is 2. The van der Waals surface area contributed by atoms with Crippen LogP contribution < -0.4 is 20.9 Å². The van der Waals surface area contributed by atoms with Gasteiger partial charge in [0.25, 0.3) is 0 Å². The molecule has 0 unspecified atom stereocenters. The minimum absolute atomic E-state index is 0.103. The molecule has 8 nitrogen and oxygen atoms in total. The van der Waals surface area contributed by atoms with E-state index in [2.05, 4.69) is 37.0 Å². The Morgan fingerprint density at radius 1 is 1.00 bits per heavy atom. The lowest BCUT2D eigenvalue weighted by Crippen LogP contribution is -2.27. The van der Waals surface area contributed by atoms with E-state index in [1.807, 2.05) is 49.4 Å². The van der Waals surface area contributed by atoms with E-state index < -0.39 is 17.0 Å². The van der Waals surface area contributed by atoms with Crippen molar-refractivity contribution in [1.82, 2.24) is 9.72 Å². The summed E-state index contributed by atoms with van der Waals surface area (Å²) in [6.07, 6.45) is 0.441. The molecule has 0 fully saturated rings. The second-order valence-electron chi connectivity index (χ2n) is 10.3. The predicted octanol–water partition coefficient (Wildman–Crippen LogP) is 4.97. The molecule has 0 bridgehead atoms. The van der Waals surface area contributed by atoms with Crippen LogP contribution in [-0.2, 0) is 13.2 Å². The zero-order valence-corrected chi connectivity index (χ0v) is 22.4. The molecule has 0 aliphatic carbocycles. The SMILES string of the molecule is Cc1cc(O[C@@H](C)CC(C)(C)O)ccc1-c1cccc(COc2ccc(Cn3oc(=O)[nH]c3=O)cc2)c1C. The van der Waals surface area contributed by atoms with Gasteiger partial charge in [0, 0.05) is 6.42 Å². The molecule has 0 spiro atoms. The van der Waals surface area contributed by atoms with E-state index >= 15 is 0 Å². The van der Waals surface area contributed by atoms with E-state index in [4.69, 9.17) is 14.0 Å². The molecule has 4 aromatic rings. The van der Waals surface area contributed by atoms with Crippen molar-refractivity contribution in [2.45, 2.75) is 65.9 Å². The van der Waals surface area contributed by atoms with Crippen LogP contribution in [0, 0.1) is 13.8 Å². The molecule has 3 aromatic carbocycles. The average Bonchev–Trinajstić information content (AvgIpc) is 3.15. The summed E-state index contributed by atoms with van der Waals surface area (Å²) in [6, 6.07) is 19.6. The zero-order valence-electron chi connectivity index (χ0n) is 22.4. The predicted molar refractivity (Wildman–Crippen MR) is 146 cm³/mol. The number of nitrogens with zero attached hydrogens (tertiary/aromatic N) is 1. The molecule has 0 aliphatic heterocycles. The Bertz CT molecular complexity index is 1510. The smallest absolute Gasteiger partial charge is 0.440 e. The van der Waals surface area contributed by atoms with E-state index in [1.165, 1.54) is 0 Å². The van der Waals surface area contributed by atoms with Crippen LogP contribution in [0.1, 0.15) is 49.4 Å². The molecule has 1 aromatic heterocycles. The molecule has 8 heteroatoms. The van der Waals surface area contributed by atoms with Gasteiger partial charge in [-0.2, -0.15) is 0 Å². The summed E-state index contributed by atoms with van der Waals surface area (Å²) < 4.78 is 17.9. The van der Waals surface area contributed by atoms with Crippen LogP contribution in [0.15, 0.2) is 74.8 Å². The molecule has 0 aliphatic rings. The number of aliphatic hydroxyl groups is 1. The molecule has 0 saturated heterocycles. The number of hydrogen-bond donors (Lipinski definition) is 2. The normalized spacial score (nSPS) is 12.4. The molecular weight excluding hydrogens is 484 g/mol. The van der Waals surface area contributed by atoms with Gasteiger partial charge in [0.1, 0.15) is 18.1 Å². The van der Waals surface area contributed by atoms with Crippen molar-refractivity contribution >= 4 is 0 Å². The number of rotatable bonds is 10. The second kappa shape index (κ2) is 11.1. The Hall–Kier alpha value is -4.04. The first-order valence-electron chi connectivity index (χ1n) is 12.6. The fourth-order valence-electron chi connectivity index (χ4n) is 4.56. The number of benzene rings is 3. The molecule has 0 saturated carbocycles. The third kappa shape index (κ3) is 6.83. The monoisotopic (exact) mass is 518 g/mol. The number of H-pyrrole nitrogens is 1. The highest BCUT2D eigenvalue weighted by molar-refractivity contribution is 5.72. The van der Waals surface area contributed by atoms with E-state index in [9.17, 15) is 14.7 Å². The first kappa shape index (κ1) is 27.0. The van der Waals surface area contributed by atoms with E-state index in [-0.39, 0.29) is 12.6 Å². The van der Waals surface area contributed by atoms with Gasteiger partial charge in [0.2, 0.25) is 0 Å². The number of hydrogen-bond acceptors (Lipinski definition) is 6. The van der Waals surface area contributed by atoms with Crippen LogP contribution in [0.4, 0.5) is 0 Å². The van der Waals surface area contributed by atoms with Gasteiger partial charge in [-0.25, -0.2) is 14.6 Å². The quantitative estimate of drug-likeness (QED) is 0.307. The lowest BCUT2D eigenvalue weighted by atomic mass is 9.93. The Labute approximate surface area is 221 Å². The van der Waals surface area contributed by atoms with Gasteiger partial charge in [-0.05, 0) is 92.3 Å². The Kier molecular flexibility index (Phi) is 7.92. The van der Waals surface area contributed by atoms with Crippen LogP contribution in [0.2, 0.25) is 0 Å². The summed E-state index contributed by atoms with van der Waals surface area (Å²) in [5, 5.41) is 10.0. The molecule has 0 radical (unpaired) electrons. The van der Waals surface area contributed by atoms with Crippen molar-refractivity contribution < 1.29 is 19.1 Å². The summed E-state index contributed by atoms with van der Waals surface area (Å²) in [5.74, 6) is 0.704. The van der Waals surface area contributed by atoms with Crippen molar-refractivity contribution in [1.29, 1.82) is 0 Å². The van der Waals surface area contributed by atoms with Gasteiger partial charge < -0.3 is 19.1 Å². The van der Waals surface area contributed by atoms with Gasteiger partial charge >= 0.3 is 11.4 Å². The van der Waals surface area contributed by atoms with Crippen molar-refractivity contribution in [3.8, 4) is 22.6 Å². The number of aryl methyl sites for hydroxylation is 1. The maximum absolute atomic E-state index is 11.6. The first-order valence-corrected chi connectivity index (χ1v) is 12.6. The van der Waals surface area contributed by atoms with Gasteiger partial charge in [-0.15, -0.1) is 4.74 Å². The largest absolute Gasteiger partial charge is 0.491 e. The van der Waals surface area contributed by atoms with E-state index in [0.717, 1.165) is 43.9 Å². The van der Waals surface area contributed by atoms with Crippen molar-refractivity contribution in [3.63, 3.8) is 0 Å². The lowest BCUT2D eigenvalue weighted by Gasteiger charge is -2.23. The maximum atomic E-state index is 11.6. The minimum atomic E-state index is -0.779. The van der Waals surface area contributed by atoms with Crippen LogP contribution in [0.3, 0.4) is 0 Å². The van der Waals surface area contributed by atoms with Gasteiger partial charge in [0.05, 0.1) is 18.2 Å². The maximum Gasteiger partial charge on any atom is 0.440 e. The molecule has 1 atom stereocenters. The average molecular weight is 519 g/mol. The molecule has 200 valence electrons. The number of nitrogens with one attached hydrogen (secondary N) is 1. The van der Waals surface area contributed by atoms with E-state index in [1.54, 1.807) is 13.8 Å². The topological polar surface area (TPSA) is 107 Å². The number of aromatic nitrogens is 2. The molecule has 2 N–H and O–H groups in total. The summed E-state index contributed by atoms with van der Waals surface area (Å²) in [5.41, 5.74) is 5.02. The summed E-state index contributed by atoms with van der Waals surface area (Å²) in [6.45, 7) is 10.2. The fourth-order valence-corrected chi connectivity index (χ4v) is 4.56. The third-order valence-corrected chi connectivity index (χ3v) is 6.33. The van der Waals surface area contributed by atoms with Crippen LogP contribution in [0.25, 0.3) is 11.1 Å². The lowest BCUT2D eigenvalue weighted by molar-refractivity contribution is 0.0323. The van der Waals surface area contributed by atoms with Crippen molar-refractivity contribution in [2.75, 3.05) is 0 Å². The minimum Gasteiger partial charge on any atom is -0.491 e. The first-order chi connectivity index (χ1) is 18.0. The summed E-state index contributed by atoms with van der Waals surface area (Å²) in [7, 11) is 0. The zero-order chi connectivity index (χ0) is 27.4. The number of aromatic amines is 1. The van der Waals surface area contributed by atoms with Gasteiger partial charge in [-0.1, -0.05) is 36.4 Å². The molecule has 4 rings (SSSR count). The van der Waals surface area contributed by atoms with Gasteiger partial charge in [0.15, 0.2) is 0 Å². The Morgan fingerprint density at radius 2 is 1.71 bits per heavy atom. The Morgan fingerprint density at radius 3 is 2.34 bits per heavy atom. The highest BCUT2D eigenvalue weighted by Gasteiger charge is 2.19. The summed E-state index contributed by atoms with van der Waals surface area (Å²) >= 11 is 0. The molecule has 38 heavy (non-hydrogen) atoms. The fraction of sp³-hybridized carbons (Fsp3) is 0.333. The van der Waals surface area contributed by atoms with Crippen molar-refractivity contribution in [3.05, 3.63) is 104 Å². The summed E-state index contributed by atoms with van der Waals surface area (Å²) in [4.78, 5) is 24.9. The molecule has 0 amide bonds. The van der Waals surface area contributed by atoms with Crippen LogP contribution in [0.5, 0.6) is 11.5 Å². The highest BCUT2D eigenvalue weighted by atomic mass is 16.5. The highest BCUT2D eigenvalue weighted by Crippen LogP contribution is 2.32. The Balaban J connectivity index is 1.43. The van der Waals surface area contributed by atoms with Crippen molar-refractivity contribution in [2.24, 2.45) is 0 Å².